The Morgan fingerprint density at radius 3 is 2.90 bits per heavy atom. The van der Waals surface area contributed by atoms with Crippen LogP contribution in [0.2, 0.25) is 0 Å². The molecule has 1 N–H and O–H groups in total. The molecule has 1 aliphatic rings. The van der Waals surface area contributed by atoms with Gasteiger partial charge in [-0.05, 0) is 38.8 Å². The number of furan rings is 1. The first kappa shape index (κ1) is 14.1. The number of thiazole rings is 1. The number of carbonyl (C=O) groups excluding carboxylic acids is 1. The number of rotatable bonds is 5. The molecular weight excluding hydrogens is 286 g/mol. The number of carbonyl (C=O) groups is 1. The maximum absolute atomic E-state index is 12.6. The van der Waals surface area contributed by atoms with Crippen LogP contribution in [-0.4, -0.2) is 22.0 Å². The molecule has 0 spiro atoms. The van der Waals surface area contributed by atoms with Crippen molar-refractivity contribution in [2.75, 3.05) is 0 Å². The van der Waals surface area contributed by atoms with Gasteiger partial charge in [-0.15, -0.1) is 11.3 Å². The summed E-state index contributed by atoms with van der Waals surface area (Å²) in [6, 6.07) is 3.89. The molecule has 112 valence electrons. The second-order valence-electron chi connectivity index (χ2n) is 5.37. The zero-order chi connectivity index (χ0) is 14.8. The van der Waals surface area contributed by atoms with E-state index in [0.29, 0.717) is 6.04 Å². The van der Waals surface area contributed by atoms with Gasteiger partial charge in [0, 0.05) is 17.6 Å². The van der Waals surface area contributed by atoms with Gasteiger partial charge in [-0.1, -0.05) is 0 Å². The van der Waals surface area contributed by atoms with Crippen molar-refractivity contribution in [3.63, 3.8) is 0 Å². The summed E-state index contributed by atoms with van der Waals surface area (Å²) in [6.45, 7) is 3.96. The molecule has 1 aliphatic carbocycles. The lowest BCUT2D eigenvalue weighted by molar-refractivity contribution is 0.163. The van der Waals surface area contributed by atoms with Crippen LogP contribution in [0.4, 0.5) is 4.79 Å². The molecule has 2 heterocycles. The average molecular weight is 305 g/mol. The Morgan fingerprint density at radius 2 is 2.33 bits per heavy atom. The molecule has 0 radical (unpaired) electrons. The summed E-state index contributed by atoms with van der Waals surface area (Å²) in [7, 11) is 0. The Kier molecular flexibility index (Phi) is 3.96. The second-order valence-corrected chi connectivity index (χ2v) is 6.30. The lowest BCUT2D eigenvalue weighted by atomic mass is 10.2. The van der Waals surface area contributed by atoms with Crippen LogP contribution in [0.25, 0.3) is 0 Å². The Hall–Kier alpha value is -1.82. The Morgan fingerprint density at radius 1 is 1.52 bits per heavy atom. The summed E-state index contributed by atoms with van der Waals surface area (Å²) in [6.07, 6.45) is 5.52. The molecule has 21 heavy (non-hydrogen) atoms. The minimum Gasteiger partial charge on any atom is -0.467 e. The van der Waals surface area contributed by atoms with E-state index in [1.54, 1.807) is 23.8 Å². The molecule has 6 heteroatoms. The maximum Gasteiger partial charge on any atom is 0.318 e. The van der Waals surface area contributed by atoms with E-state index in [1.165, 1.54) is 0 Å². The topological polar surface area (TPSA) is 58.4 Å². The fourth-order valence-corrected chi connectivity index (χ4v) is 3.09. The van der Waals surface area contributed by atoms with Gasteiger partial charge in [0.1, 0.15) is 10.8 Å². The quantitative estimate of drug-likeness (QED) is 0.915. The normalized spacial score (nSPS) is 17.2. The van der Waals surface area contributed by atoms with Crippen molar-refractivity contribution < 1.29 is 9.21 Å². The molecule has 2 atom stereocenters. The number of urea groups is 1. The minimum absolute atomic E-state index is 0.0518. The number of nitrogens with one attached hydrogen (secondary N) is 1. The van der Waals surface area contributed by atoms with E-state index in [2.05, 4.69) is 10.3 Å². The van der Waals surface area contributed by atoms with Crippen LogP contribution in [0.1, 0.15) is 49.5 Å². The smallest absolute Gasteiger partial charge is 0.318 e. The van der Waals surface area contributed by atoms with Gasteiger partial charge in [-0.25, -0.2) is 9.78 Å². The summed E-state index contributed by atoms with van der Waals surface area (Å²) in [5.74, 6) is 0.818. The van der Waals surface area contributed by atoms with Gasteiger partial charge in [0.05, 0.1) is 18.3 Å². The molecule has 0 aromatic carbocycles. The molecule has 5 nitrogen and oxygen atoms in total. The zero-order valence-corrected chi connectivity index (χ0v) is 13.0. The van der Waals surface area contributed by atoms with Crippen LogP contribution in [-0.2, 0) is 0 Å². The van der Waals surface area contributed by atoms with E-state index in [-0.39, 0.29) is 18.1 Å². The van der Waals surface area contributed by atoms with Crippen LogP contribution in [0.5, 0.6) is 0 Å². The number of amides is 2. The van der Waals surface area contributed by atoms with Crippen LogP contribution in [0, 0.1) is 0 Å². The lowest BCUT2D eigenvalue weighted by Gasteiger charge is -2.29. The van der Waals surface area contributed by atoms with Gasteiger partial charge in [-0.3, -0.25) is 0 Å². The van der Waals surface area contributed by atoms with Crippen molar-refractivity contribution in [3.05, 3.63) is 40.7 Å². The summed E-state index contributed by atoms with van der Waals surface area (Å²) >= 11 is 1.55. The van der Waals surface area contributed by atoms with Gasteiger partial charge in [-0.2, -0.15) is 0 Å². The first-order valence-corrected chi connectivity index (χ1v) is 8.06. The monoisotopic (exact) mass is 305 g/mol. The number of aromatic nitrogens is 1. The maximum atomic E-state index is 12.6. The van der Waals surface area contributed by atoms with Gasteiger partial charge in [0.2, 0.25) is 0 Å². The van der Waals surface area contributed by atoms with E-state index in [0.717, 1.165) is 23.6 Å². The van der Waals surface area contributed by atoms with Crippen LogP contribution < -0.4 is 5.32 Å². The molecule has 0 saturated heterocycles. The SMILES string of the molecule is C[C@H](c1ccco1)N(C(=O)N[C@H](C)c1nccs1)C1CC1. The summed E-state index contributed by atoms with van der Waals surface area (Å²) < 4.78 is 5.45. The highest BCUT2D eigenvalue weighted by Crippen LogP contribution is 2.34. The minimum atomic E-state index is -0.0810. The second kappa shape index (κ2) is 5.89. The van der Waals surface area contributed by atoms with E-state index < -0.39 is 0 Å². The van der Waals surface area contributed by atoms with Gasteiger partial charge < -0.3 is 14.6 Å². The Balaban J connectivity index is 1.70. The highest BCUT2D eigenvalue weighted by atomic mass is 32.1. The molecule has 2 aromatic heterocycles. The first-order chi connectivity index (χ1) is 10.2. The molecule has 0 aliphatic heterocycles. The zero-order valence-electron chi connectivity index (χ0n) is 12.2. The third kappa shape index (κ3) is 3.10. The van der Waals surface area contributed by atoms with E-state index in [9.17, 15) is 4.79 Å². The summed E-state index contributed by atoms with van der Waals surface area (Å²) in [5.41, 5.74) is 0. The van der Waals surface area contributed by atoms with Gasteiger partial charge in [0.15, 0.2) is 0 Å². The predicted molar refractivity (Wildman–Crippen MR) is 81.0 cm³/mol. The molecule has 3 rings (SSSR count). The summed E-state index contributed by atoms with van der Waals surface area (Å²) in [5, 5.41) is 5.88. The first-order valence-electron chi connectivity index (χ1n) is 7.18. The van der Waals surface area contributed by atoms with E-state index in [1.807, 2.05) is 36.3 Å². The van der Waals surface area contributed by atoms with Crippen molar-refractivity contribution in [3.8, 4) is 0 Å². The van der Waals surface area contributed by atoms with Gasteiger partial charge >= 0.3 is 6.03 Å². The molecule has 1 saturated carbocycles. The van der Waals surface area contributed by atoms with Crippen LogP contribution in [0.15, 0.2) is 34.4 Å². The largest absolute Gasteiger partial charge is 0.467 e. The molecule has 0 unspecified atom stereocenters. The van der Waals surface area contributed by atoms with Crippen molar-refractivity contribution in [2.24, 2.45) is 0 Å². The third-order valence-corrected chi connectivity index (χ3v) is 4.67. The van der Waals surface area contributed by atoms with Crippen molar-refractivity contribution in [1.29, 1.82) is 0 Å². The van der Waals surface area contributed by atoms with Crippen molar-refractivity contribution in [2.45, 2.75) is 44.8 Å². The highest BCUT2D eigenvalue weighted by molar-refractivity contribution is 7.09. The third-order valence-electron chi connectivity index (χ3n) is 3.71. The molecule has 1 fully saturated rings. The fraction of sp³-hybridized carbons (Fsp3) is 0.467. The fourth-order valence-electron chi connectivity index (χ4n) is 2.45. The summed E-state index contributed by atoms with van der Waals surface area (Å²) in [4.78, 5) is 18.8. The van der Waals surface area contributed by atoms with Crippen LogP contribution >= 0.6 is 11.3 Å². The predicted octanol–water partition coefficient (Wildman–Crippen LogP) is 3.73. The van der Waals surface area contributed by atoms with E-state index >= 15 is 0 Å². The lowest BCUT2D eigenvalue weighted by Crippen LogP contribution is -2.43. The number of hydrogen-bond donors (Lipinski definition) is 1. The molecule has 2 aromatic rings. The average Bonchev–Trinajstić information content (AvgIpc) is 3.01. The number of nitrogens with zero attached hydrogens (tertiary/aromatic N) is 2. The van der Waals surface area contributed by atoms with Gasteiger partial charge in [0.25, 0.3) is 0 Å². The van der Waals surface area contributed by atoms with Crippen molar-refractivity contribution >= 4 is 17.4 Å². The number of hydrogen-bond acceptors (Lipinski definition) is 4. The molecular formula is C15H19N3O2S. The molecule has 0 bridgehead atoms. The standard InChI is InChI=1S/C15H19N3O2S/c1-10(14-16-7-9-21-14)17-15(19)18(12-5-6-12)11(2)13-4-3-8-20-13/h3-4,7-12H,5-6H2,1-2H3,(H,17,19)/t10-,11-/m1/s1. The Bertz CT molecular complexity index is 578. The van der Waals surface area contributed by atoms with E-state index in [4.69, 9.17) is 4.42 Å². The van der Waals surface area contributed by atoms with Crippen molar-refractivity contribution in [1.82, 2.24) is 15.2 Å². The highest BCUT2D eigenvalue weighted by Gasteiger charge is 2.37. The molecule has 2 amide bonds. The Labute approximate surface area is 128 Å². The van der Waals surface area contributed by atoms with Crippen LogP contribution in [0.3, 0.4) is 0 Å².